The Morgan fingerprint density at radius 1 is 1.29 bits per heavy atom. The molecule has 0 aliphatic carbocycles. The number of benzene rings is 1. The minimum Gasteiger partial charge on any atom is -0.348 e. The van der Waals surface area contributed by atoms with Crippen LogP contribution in [0.25, 0.3) is 0 Å². The zero-order valence-electron chi connectivity index (χ0n) is 14.9. The third-order valence-corrected chi connectivity index (χ3v) is 4.44. The summed E-state index contributed by atoms with van der Waals surface area (Å²) >= 11 is 0. The van der Waals surface area contributed by atoms with Crippen LogP contribution in [0.15, 0.2) is 24.4 Å². The molecule has 0 saturated carbocycles. The van der Waals surface area contributed by atoms with Crippen molar-refractivity contribution in [3.63, 3.8) is 0 Å². The lowest BCUT2D eigenvalue weighted by atomic mass is 10.1. The highest BCUT2D eigenvalue weighted by atomic mass is 16.1. The van der Waals surface area contributed by atoms with Crippen LogP contribution in [0.1, 0.15) is 60.4 Å². The molecule has 0 spiro atoms. The smallest absolute Gasteiger partial charge is 0.255 e. The van der Waals surface area contributed by atoms with Gasteiger partial charge in [0.2, 0.25) is 0 Å². The summed E-state index contributed by atoms with van der Waals surface area (Å²) in [5.41, 5.74) is 5.35. The Morgan fingerprint density at radius 3 is 2.75 bits per heavy atom. The number of carbonyl (C=O) groups is 1. The third kappa shape index (κ3) is 3.22. The summed E-state index contributed by atoms with van der Waals surface area (Å²) in [5, 5.41) is 10.8. The van der Waals surface area contributed by atoms with Crippen molar-refractivity contribution in [1.29, 1.82) is 0 Å². The molecule has 128 valence electrons. The van der Waals surface area contributed by atoms with E-state index in [0.29, 0.717) is 12.1 Å². The predicted octanol–water partition coefficient (Wildman–Crippen LogP) is 2.73. The third-order valence-electron chi connectivity index (χ3n) is 4.44. The SMILES string of the molecule is CCc1c(C(=O)NCc2ccc3c(c2)CNC3)cnn1C(C)(C)C. The molecule has 0 saturated heterocycles. The van der Waals surface area contributed by atoms with Crippen molar-refractivity contribution >= 4 is 5.91 Å². The lowest BCUT2D eigenvalue weighted by molar-refractivity contribution is 0.0949. The van der Waals surface area contributed by atoms with Crippen molar-refractivity contribution < 1.29 is 4.79 Å². The molecule has 1 amide bonds. The first kappa shape index (κ1) is 16.7. The summed E-state index contributed by atoms with van der Waals surface area (Å²) in [4.78, 5) is 12.6. The molecular weight excluding hydrogens is 300 g/mol. The van der Waals surface area contributed by atoms with E-state index in [-0.39, 0.29) is 11.4 Å². The van der Waals surface area contributed by atoms with Gasteiger partial charge in [0, 0.05) is 19.6 Å². The Morgan fingerprint density at radius 2 is 2.04 bits per heavy atom. The first-order valence-corrected chi connectivity index (χ1v) is 8.57. The quantitative estimate of drug-likeness (QED) is 0.908. The topological polar surface area (TPSA) is 59.0 Å². The van der Waals surface area contributed by atoms with E-state index >= 15 is 0 Å². The Kier molecular flexibility index (Phi) is 4.45. The minimum atomic E-state index is -0.128. The minimum absolute atomic E-state index is 0.0547. The van der Waals surface area contributed by atoms with Crippen molar-refractivity contribution in [3.05, 3.63) is 52.3 Å². The predicted molar refractivity (Wildman–Crippen MR) is 94.8 cm³/mol. The van der Waals surface area contributed by atoms with E-state index in [1.807, 2.05) is 4.68 Å². The second-order valence-electron chi connectivity index (χ2n) is 7.33. The fourth-order valence-electron chi connectivity index (χ4n) is 3.22. The molecule has 2 N–H and O–H groups in total. The first-order valence-electron chi connectivity index (χ1n) is 8.57. The van der Waals surface area contributed by atoms with Crippen molar-refractivity contribution in [3.8, 4) is 0 Å². The van der Waals surface area contributed by atoms with Crippen LogP contribution in [0.3, 0.4) is 0 Å². The Hall–Kier alpha value is -2.14. The second kappa shape index (κ2) is 6.40. The first-order chi connectivity index (χ1) is 11.4. The molecule has 5 nitrogen and oxygen atoms in total. The van der Waals surface area contributed by atoms with Gasteiger partial charge >= 0.3 is 0 Å². The lowest BCUT2D eigenvalue weighted by Crippen LogP contribution is -2.27. The van der Waals surface area contributed by atoms with E-state index in [9.17, 15) is 4.79 Å². The fourth-order valence-corrected chi connectivity index (χ4v) is 3.22. The number of nitrogens with one attached hydrogen (secondary N) is 2. The van der Waals surface area contributed by atoms with Gasteiger partial charge in [0.15, 0.2) is 0 Å². The van der Waals surface area contributed by atoms with Crippen molar-refractivity contribution in [2.75, 3.05) is 0 Å². The fraction of sp³-hybridized carbons (Fsp3) is 0.474. The van der Waals surface area contributed by atoms with Crippen LogP contribution < -0.4 is 10.6 Å². The largest absolute Gasteiger partial charge is 0.348 e. The van der Waals surface area contributed by atoms with Crippen molar-refractivity contribution in [2.45, 2.75) is 59.3 Å². The summed E-state index contributed by atoms with van der Waals surface area (Å²) < 4.78 is 1.95. The van der Waals surface area contributed by atoms with E-state index < -0.39 is 0 Å². The van der Waals surface area contributed by atoms with Crippen molar-refractivity contribution in [2.24, 2.45) is 0 Å². The second-order valence-corrected chi connectivity index (χ2v) is 7.33. The van der Waals surface area contributed by atoms with Gasteiger partial charge in [-0.25, -0.2) is 0 Å². The summed E-state index contributed by atoms with van der Waals surface area (Å²) in [7, 11) is 0. The maximum atomic E-state index is 12.6. The molecule has 3 rings (SSSR count). The summed E-state index contributed by atoms with van der Waals surface area (Å²) in [6, 6.07) is 6.41. The van der Waals surface area contributed by atoms with Gasteiger partial charge < -0.3 is 10.6 Å². The van der Waals surface area contributed by atoms with Gasteiger partial charge in [-0.3, -0.25) is 9.48 Å². The normalized spacial score (nSPS) is 13.8. The molecule has 0 unspecified atom stereocenters. The molecule has 1 aliphatic rings. The molecule has 24 heavy (non-hydrogen) atoms. The van der Waals surface area contributed by atoms with Gasteiger partial charge in [-0.2, -0.15) is 5.10 Å². The van der Waals surface area contributed by atoms with Gasteiger partial charge in [-0.05, 0) is 43.9 Å². The van der Waals surface area contributed by atoms with Crippen LogP contribution in [0.2, 0.25) is 0 Å². The average Bonchev–Trinajstić information content (AvgIpc) is 3.17. The molecule has 0 fully saturated rings. The van der Waals surface area contributed by atoms with E-state index in [1.54, 1.807) is 6.20 Å². The molecule has 0 radical (unpaired) electrons. The van der Waals surface area contributed by atoms with Gasteiger partial charge in [0.1, 0.15) is 0 Å². The number of fused-ring (bicyclic) bond motifs is 1. The maximum Gasteiger partial charge on any atom is 0.255 e. The number of carbonyl (C=O) groups excluding carboxylic acids is 1. The van der Waals surface area contributed by atoms with Crippen LogP contribution in [0.5, 0.6) is 0 Å². The highest BCUT2D eigenvalue weighted by Crippen LogP contribution is 2.20. The highest BCUT2D eigenvalue weighted by Gasteiger charge is 2.23. The molecular formula is C19H26N4O. The summed E-state index contributed by atoms with van der Waals surface area (Å²) in [5.74, 6) is -0.0547. The van der Waals surface area contributed by atoms with E-state index in [2.05, 4.69) is 61.6 Å². The zero-order chi connectivity index (χ0) is 17.3. The van der Waals surface area contributed by atoms with Crippen molar-refractivity contribution in [1.82, 2.24) is 20.4 Å². The number of amides is 1. The molecule has 1 aliphatic heterocycles. The van der Waals surface area contributed by atoms with Crippen LogP contribution in [0.4, 0.5) is 0 Å². The number of rotatable bonds is 4. The number of aromatic nitrogens is 2. The van der Waals surface area contributed by atoms with Gasteiger partial charge in [-0.1, -0.05) is 25.1 Å². The molecule has 1 aromatic carbocycles. The van der Waals surface area contributed by atoms with Gasteiger partial charge in [-0.15, -0.1) is 0 Å². The highest BCUT2D eigenvalue weighted by molar-refractivity contribution is 5.95. The molecule has 5 heteroatoms. The molecule has 0 atom stereocenters. The summed E-state index contributed by atoms with van der Waals surface area (Å²) in [6.07, 6.45) is 2.47. The molecule has 0 bridgehead atoms. The Labute approximate surface area is 143 Å². The standard InChI is InChI=1S/C19H26N4O/c1-5-17-16(12-22-23(17)19(2,3)4)18(24)21-9-13-6-7-14-10-20-11-15(14)8-13/h6-8,12,20H,5,9-11H2,1-4H3,(H,21,24). The van der Waals surface area contributed by atoms with Crippen LogP contribution in [-0.4, -0.2) is 15.7 Å². The number of hydrogen-bond acceptors (Lipinski definition) is 3. The Balaban J connectivity index is 1.73. The van der Waals surface area contributed by atoms with Crippen LogP contribution >= 0.6 is 0 Å². The van der Waals surface area contributed by atoms with Crippen LogP contribution in [-0.2, 0) is 31.6 Å². The number of hydrogen-bond donors (Lipinski definition) is 2. The molecule has 1 aromatic heterocycles. The van der Waals surface area contributed by atoms with E-state index in [1.165, 1.54) is 11.1 Å². The molecule has 2 aromatic rings. The zero-order valence-corrected chi connectivity index (χ0v) is 14.9. The van der Waals surface area contributed by atoms with Gasteiger partial charge in [0.05, 0.1) is 23.0 Å². The van der Waals surface area contributed by atoms with E-state index in [0.717, 1.165) is 30.8 Å². The average molecular weight is 326 g/mol. The molecule has 2 heterocycles. The maximum absolute atomic E-state index is 12.6. The van der Waals surface area contributed by atoms with Gasteiger partial charge in [0.25, 0.3) is 5.91 Å². The number of nitrogens with zero attached hydrogens (tertiary/aromatic N) is 2. The van der Waals surface area contributed by atoms with E-state index in [4.69, 9.17) is 0 Å². The summed E-state index contributed by atoms with van der Waals surface area (Å²) in [6.45, 7) is 10.7. The Bertz CT molecular complexity index is 755. The lowest BCUT2D eigenvalue weighted by Gasteiger charge is -2.22. The van der Waals surface area contributed by atoms with Crippen LogP contribution in [0, 0.1) is 0 Å². The monoisotopic (exact) mass is 326 g/mol.